The summed E-state index contributed by atoms with van der Waals surface area (Å²) in [4.78, 5) is 14.4. The molecule has 1 aromatic heterocycles. The highest BCUT2D eigenvalue weighted by molar-refractivity contribution is 5.95. The Morgan fingerprint density at radius 3 is 2.43 bits per heavy atom. The largest absolute Gasteiger partial charge is 0.440 e. The maximum absolute atomic E-state index is 12.4. The summed E-state index contributed by atoms with van der Waals surface area (Å²) in [5, 5.41) is 2.76. The SMILES string of the molecule is O=c1cc(N2CCOCC2)oc2cc3ccccc3cc12. The number of benzene rings is 2. The lowest BCUT2D eigenvalue weighted by Gasteiger charge is -2.27. The first-order valence-corrected chi connectivity index (χ1v) is 7.11. The molecule has 2 aromatic carbocycles. The van der Waals surface area contributed by atoms with E-state index in [4.69, 9.17) is 9.15 Å². The number of ether oxygens (including phenoxy) is 1. The summed E-state index contributed by atoms with van der Waals surface area (Å²) < 4.78 is 11.3. The molecule has 2 heterocycles. The van der Waals surface area contributed by atoms with Gasteiger partial charge in [0.2, 0.25) is 0 Å². The molecule has 0 unspecified atom stereocenters. The fraction of sp³-hybridized carbons (Fsp3) is 0.235. The first kappa shape index (κ1) is 12.4. The lowest BCUT2D eigenvalue weighted by Crippen LogP contribution is -2.36. The van der Waals surface area contributed by atoms with Crippen molar-refractivity contribution in [1.82, 2.24) is 0 Å². The Labute approximate surface area is 121 Å². The van der Waals surface area contributed by atoms with Crippen molar-refractivity contribution in [3.8, 4) is 0 Å². The van der Waals surface area contributed by atoms with E-state index in [0.29, 0.717) is 30.1 Å². The van der Waals surface area contributed by atoms with Crippen LogP contribution in [0, 0.1) is 0 Å². The summed E-state index contributed by atoms with van der Waals surface area (Å²) >= 11 is 0. The van der Waals surface area contributed by atoms with Gasteiger partial charge in [-0.2, -0.15) is 0 Å². The van der Waals surface area contributed by atoms with Crippen molar-refractivity contribution in [2.75, 3.05) is 31.2 Å². The Bertz CT molecular complexity index is 863. The number of hydrogen-bond donors (Lipinski definition) is 0. The molecule has 1 saturated heterocycles. The summed E-state index contributed by atoms with van der Waals surface area (Å²) in [5.41, 5.74) is 0.645. The standard InChI is InChI=1S/C17H15NO3/c19-15-11-17(18-5-7-20-8-6-18)21-16-10-13-4-2-1-3-12(13)9-14(15)16/h1-4,9-11H,5-8H2. The zero-order valence-electron chi connectivity index (χ0n) is 11.5. The number of fused-ring (bicyclic) bond motifs is 2. The molecule has 4 rings (SSSR count). The molecular weight excluding hydrogens is 266 g/mol. The van der Waals surface area contributed by atoms with Gasteiger partial charge in [-0.25, -0.2) is 0 Å². The average Bonchev–Trinajstić information content (AvgIpc) is 2.54. The highest BCUT2D eigenvalue weighted by Gasteiger charge is 2.15. The van der Waals surface area contributed by atoms with Gasteiger partial charge in [0.1, 0.15) is 5.58 Å². The highest BCUT2D eigenvalue weighted by atomic mass is 16.5. The quantitative estimate of drug-likeness (QED) is 0.643. The van der Waals surface area contributed by atoms with E-state index in [2.05, 4.69) is 4.90 Å². The van der Waals surface area contributed by atoms with Gasteiger partial charge in [-0.15, -0.1) is 0 Å². The second-order valence-corrected chi connectivity index (χ2v) is 5.24. The molecule has 0 spiro atoms. The van der Waals surface area contributed by atoms with E-state index in [9.17, 15) is 4.79 Å². The Kier molecular flexibility index (Phi) is 2.89. The van der Waals surface area contributed by atoms with Gasteiger partial charge in [0.05, 0.1) is 18.6 Å². The molecule has 0 radical (unpaired) electrons. The topological polar surface area (TPSA) is 42.7 Å². The van der Waals surface area contributed by atoms with E-state index in [1.54, 1.807) is 6.07 Å². The van der Waals surface area contributed by atoms with Gasteiger partial charge in [0.25, 0.3) is 0 Å². The van der Waals surface area contributed by atoms with Crippen LogP contribution in [0.1, 0.15) is 0 Å². The van der Waals surface area contributed by atoms with Gasteiger partial charge in [-0.05, 0) is 22.9 Å². The van der Waals surface area contributed by atoms with Crippen LogP contribution in [0.25, 0.3) is 21.7 Å². The fourth-order valence-corrected chi connectivity index (χ4v) is 2.77. The third-order valence-corrected chi connectivity index (χ3v) is 3.91. The predicted octanol–water partition coefficient (Wildman–Crippen LogP) is 2.78. The number of rotatable bonds is 1. The molecule has 21 heavy (non-hydrogen) atoms. The maximum Gasteiger partial charge on any atom is 0.200 e. The number of morpholine rings is 1. The van der Waals surface area contributed by atoms with Gasteiger partial charge in [-0.3, -0.25) is 4.79 Å². The summed E-state index contributed by atoms with van der Waals surface area (Å²) in [5.74, 6) is 0.631. The number of nitrogens with zero attached hydrogens (tertiary/aromatic N) is 1. The number of hydrogen-bond acceptors (Lipinski definition) is 4. The summed E-state index contributed by atoms with van der Waals surface area (Å²) in [6, 6.07) is 13.4. The molecule has 0 N–H and O–H groups in total. The van der Waals surface area contributed by atoms with Crippen molar-refractivity contribution in [1.29, 1.82) is 0 Å². The summed E-state index contributed by atoms with van der Waals surface area (Å²) in [7, 11) is 0. The Morgan fingerprint density at radius 2 is 1.67 bits per heavy atom. The van der Waals surface area contributed by atoms with E-state index >= 15 is 0 Å². The molecule has 106 valence electrons. The van der Waals surface area contributed by atoms with Crippen LogP contribution in [0.2, 0.25) is 0 Å². The molecule has 1 aliphatic heterocycles. The van der Waals surface area contributed by atoms with E-state index < -0.39 is 0 Å². The van der Waals surface area contributed by atoms with Crippen LogP contribution in [0.15, 0.2) is 51.7 Å². The van der Waals surface area contributed by atoms with Gasteiger partial charge >= 0.3 is 0 Å². The maximum atomic E-state index is 12.4. The van der Waals surface area contributed by atoms with Crippen LogP contribution in [0.3, 0.4) is 0 Å². The minimum absolute atomic E-state index is 0.00324. The Morgan fingerprint density at radius 1 is 0.952 bits per heavy atom. The fourth-order valence-electron chi connectivity index (χ4n) is 2.77. The molecule has 4 nitrogen and oxygen atoms in total. The molecule has 3 aromatic rings. The summed E-state index contributed by atoms with van der Waals surface area (Å²) in [6.07, 6.45) is 0. The predicted molar refractivity (Wildman–Crippen MR) is 83.0 cm³/mol. The highest BCUT2D eigenvalue weighted by Crippen LogP contribution is 2.24. The van der Waals surface area contributed by atoms with Crippen molar-refractivity contribution in [3.63, 3.8) is 0 Å². The zero-order valence-corrected chi connectivity index (χ0v) is 11.5. The second kappa shape index (κ2) is 4.90. The van der Waals surface area contributed by atoms with Crippen LogP contribution < -0.4 is 10.3 Å². The van der Waals surface area contributed by atoms with Gasteiger partial charge in [0, 0.05) is 19.2 Å². The van der Waals surface area contributed by atoms with E-state index in [1.165, 1.54) is 0 Å². The van der Waals surface area contributed by atoms with Crippen molar-refractivity contribution < 1.29 is 9.15 Å². The van der Waals surface area contributed by atoms with Crippen molar-refractivity contribution in [2.45, 2.75) is 0 Å². The van der Waals surface area contributed by atoms with Crippen LogP contribution in [-0.4, -0.2) is 26.3 Å². The number of anilines is 1. The summed E-state index contributed by atoms with van der Waals surface area (Å²) in [6.45, 7) is 2.84. The molecule has 4 heteroatoms. The van der Waals surface area contributed by atoms with Crippen molar-refractivity contribution in [2.24, 2.45) is 0 Å². The zero-order chi connectivity index (χ0) is 14.2. The third kappa shape index (κ3) is 2.17. The van der Waals surface area contributed by atoms with E-state index in [1.807, 2.05) is 36.4 Å². The first-order valence-electron chi connectivity index (χ1n) is 7.11. The minimum atomic E-state index is 0.00324. The van der Waals surface area contributed by atoms with Crippen LogP contribution in [-0.2, 0) is 4.74 Å². The van der Waals surface area contributed by atoms with Gasteiger partial charge < -0.3 is 14.1 Å². The molecule has 1 aliphatic rings. The third-order valence-electron chi connectivity index (χ3n) is 3.91. The van der Waals surface area contributed by atoms with E-state index in [0.717, 1.165) is 23.9 Å². The lowest BCUT2D eigenvalue weighted by molar-refractivity contribution is 0.121. The molecule has 0 aliphatic carbocycles. The molecule has 0 atom stereocenters. The average molecular weight is 281 g/mol. The molecular formula is C17H15NO3. The monoisotopic (exact) mass is 281 g/mol. The van der Waals surface area contributed by atoms with Gasteiger partial charge in [-0.1, -0.05) is 24.3 Å². The van der Waals surface area contributed by atoms with Crippen LogP contribution in [0.4, 0.5) is 5.88 Å². The minimum Gasteiger partial charge on any atom is -0.440 e. The van der Waals surface area contributed by atoms with Crippen molar-refractivity contribution >= 4 is 27.6 Å². The Hall–Kier alpha value is -2.33. The second-order valence-electron chi connectivity index (χ2n) is 5.24. The smallest absolute Gasteiger partial charge is 0.200 e. The molecule has 0 saturated carbocycles. The van der Waals surface area contributed by atoms with Crippen molar-refractivity contribution in [3.05, 3.63) is 52.7 Å². The molecule has 0 bridgehead atoms. The normalized spacial score (nSPS) is 15.7. The van der Waals surface area contributed by atoms with Crippen LogP contribution >= 0.6 is 0 Å². The molecule has 1 fully saturated rings. The van der Waals surface area contributed by atoms with Crippen LogP contribution in [0.5, 0.6) is 0 Å². The Balaban J connectivity index is 1.91. The first-order chi connectivity index (χ1) is 10.3. The van der Waals surface area contributed by atoms with Gasteiger partial charge in [0.15, 0.2) is 11.3 Å². The van der Waals surface area contributed by atoms with E-state index in [-0.39, 0.29) is 5.43 Å². The lowest BCUT2D eigenvalue weighted by atomic mass is 10.1. The molecule has 0 amide bonds.